The van der Waals surface area contributed by atoms with Gasteiger partial charge in [0, 0.05) is 24.3 Å². The fourth-order valence-electron chi connectivity index (χ4n) is 3.24. The predicted molar refractivity (Wildman–Crippen MR) is 121 cm³/mol. The van der Waals surface area contributed by atoms with Crippen LogP contribution < -0.4 is 10.1 Å². The van der Waals surface area contributed by atoms with Gasteiger partial charge in [-0.2, -0.15) is 0 Å². The normalized spacial score (nSPS) is 12.0. The molecule has 1 aromatic heterocycles. The molecule has 0 aliphatic carbocycles. The lowest BCUT2D eigenvalue weighted by molar-refractivity contribution is -0.117. The molecule has 0 saturated heterocycles. The molecule has 0 aliphatic heterocycles. The molecule has 6 heteroatoms. The lowest BCUT2D eigenvalue weighted by Gasteiger charge is -2.16. The highest BCUT2D eigenvalue weighted by Gasteiger charge is 2.18. The number of para-hydroxylation sites is 1. The summed E-state index contributed by atoms with van der Waals surface area (Å²) in [7, 11) is 3.61. The minimum absolute atomic E-state index is 0.0456. The Bertz CT molecular complexity index is 1200. The first-order valence-corrected chi connectivity index (χ1v) is 10.5. The first-order chi connectivity index (χ1) is 14.5. The van der Waals surface area contributed by atoms with Gasteiger partial charge < -0.3 is 14.6 Å². The summed E-state index contributed by atoms with van der Waals surface area (Å²) in [6, 6.07) is 19.8. The molecule has 0 aliphatic rings. The van der Waals surface area contributed by atoms with Crippen LogP contribution in [0.4, 0.5) is 5.69 Å². The van der Waals surface area contributed by atoms with E-state index in [0.29, 0.717) is 0 Å². The van der Waals surface area contributed by atoms with Crippen LogP contribution in [0.5, 0.6) is 5.75 Å². The Balaban J connectivity index is 1.54. The standard InChI is InChI=1S/C24H23N3O2S/c1-16(17-8-9-19-15-20(29-3)11-10-18(19)14-17)23(28)26-21-6-4-5-7-22(21)30-24-25-12-13-27(24)2/h4-16H,1-3H3,(H,26,28)/t16-/m0/s1. The highest BCUT2D eigenvalue weighted by Crippen LogP contribution is 2.33. The number of benzene rings is 3. The third kappa shape index (κ3) is 4.19. The third-order valence-corrected chi connectivity index (χ3v) is 6.24. The second-order valence-electron chi connectivity index (χ2n) is 7.10. The van der Waals surface area contributed by atoms with Crippen LogP contribution in [-0.2, 0) is 11.8 Å². The van der Waals surface area contributed by atoms with Crippen LogP contribution in [0, 0.1) is 0 Å². The molecule has 1 atom stereocenters. The maximum absolute atomic E-state index is 13.0. The summed E-state index contributed by atoms with van der Waals surface area (Å²) in [5.41, 5.74) is 1.76. The Labute approximate surface area is 180 Å². The number of methoxy groups -OCH3 is 1. The molecule has 0 spiro atoms. The van der Waals surface area contributed by atoms with E-state index < -0.39 is 0 Å². The van der Waals surface area contributed by atoms with E-state index in [1.54, 1.807) is 13.3 Å². The lowest BCUT2D eigenvalue weighted by Crippen LogP contribution is -2.19. The van der Waals surface area contributed by atoms with Crippen molar-refractivity contribution in [2.45, 2.75) is 22.9 Å². The van der Waals surface area contributed by atoms with Crippen molar-refractivity contribution in [3.05, 3.63) is 78.6 Å². The molecular formula is C24H23N3O2S. The molecular weight excluding hydrogens is 394 g/mol. The molecule has 0 fully saturated rings. The maximum atomic E-state index is 13.0. The Hall–Kier alpha value is -3.25. The molecule has 4 aromatic rings. The SMILES string of the molecule is COc1ccc2cc([C@H](C)C(=O)Nc3ccccc3Sc3nccn3C)ccc2c1. The number of aromatic nitrogens is 2. The van der Waals surface area contributed by atoms with E-state index in [-0.39, 0.29) is 11.8 Å². The van der Waals surface area contributed by atoms with E-state index in [0.717, 1.165) is 37.8 Å². The zero-order chi connectivity index (χ0) is 21.1. The largest absolute Gasteiger partial charge is 0.497 e. The van der Waals surface area contributed by atoms with Gasteiger partial charge in [0.25, 0.3) is 0 Å². The van der Waals surface area contributed by atoms with Crippen molar-refractivity contribution in [3.8, 4) is 5.75 Å². The Morgan fingerprint density at radius 2 is 1.87 bits per heavy atom. The van der Waals surface area contributed by atoms with Crippen LogP contribution in [0.1, 0.15) is 18.4 Å². The number of aryl methyl sites for hydroxylation is 1. The summed E-state index contributed by atoms with van der Waals surface area (Å²) in [5.74, 6) is 0.487. The smallest absolute Gasteiger partial charge is 0.231 e. The molecule has 0 unspecified atom stereocenters. The molecule has 30 heavy (non-hydrogen) atoms. The molecule has 1 heterocycles. The molecule has 4 rings (SSSR count). The summed E-state index contributed by atoms with van der Waals surface area (Å²) in [6.45, 7) is 1.93. The number of hydrogen-bond acceptors (Lipinski definition) is 4. The van der Waals surface area contributed by atoms with Crippen molar-refractivity contribution in [2.75, 3.05) is 12.4 Å². The summed E-state index contributed by atoms with van der Waals surface area (Å²) in [6.07, 6.45) is 3.67. The van der Waals surface area contributed by atoms with Crippen molar-refractivity contribution in [3.63, 3.8) is 0 Å². The molecule has 0 radical (unpaired) electrons. The first-order valence-electron chi connectivity index (χ1n) is 9.68. The van der Waals surface area contributed by atoms with Crippen LogP contribution in [-0.4, -0.2) is 22.6 Å². The number of carbonyl (C=O) groups excluding carboxylic acids is 1. The molecule has 0 bridgehead atoms. The number of fused-ring (bicyclic) bond motifs is 1. The number of hydrogen-bond donors (Lipinski definition) is 1. The van der Waals surface area contributed by atoms with Gasteiger partial charge in [-0.3, -0.25) is 4.79 Å². The number of imidazole rings is 1. The van der Waals surface area contributed by atoms with Gasteiger partial charge in [-0.25, -0.2) is 4.98 Å². The van der Waals surface area contributed by atoms with Gasteiger partial charge in [0.2, 0.25) is 5.91 Å². The summed E-state index contributed by atoms with van der Waals surface area (Å²) in [5, 5.41) is 6.13. The van der Waals surface area contributed by atoms with Gasteiger partial charge in [0.15, 0.2) is 5.16 Å². The van der Waals surface area contributed by atoms with Crippen LogP contribution in [0.25, 0.3) is 10.8 Å². The van der Waals surface area contributed by atoms with Crippen molar-refractivity contribution < 1.29 is 9.53 Å². The van der Waals surface area contributed by atoms with Crippen molar-refractivity contribution in [1.82, 2.24) is 9.55 Å². The summed E-state index contributed by atoms with van der Waals surface area (Å²) in [4.78, 5) is 18.3. The second kappa shape index (κ2) is 8.63. The summed E-state index contributed by atoms with van der Waals surface area (Å²) >= 11 is 1.53. The van der Waals surface area contributed by atoms with Crippen LogP contribution >= 0.6 is 11.8 Å². The van der Waals surface area contributed by atoms with E-state index in [1.165, 1.54) is 11.8 Å². The van der Waals surface area contributed by atoms with E-state index >= 15 is 0 Å². The van der Waals surface area contributed by atoms with Gasteiger partial charge in [-0.05, 0) is 59.3 Å². The van der Waals surface area contributed by atoms with Gasteiger partial charge in [0.05, 0.1) is 18.7 Å². The number of amides is 1. The van der Waals surface area contributed by atoms with E-state index in [1.807, 2.05) is 79.3 Å². The summed E-state index contributed by atoms with van der Waals surface area (Å²) < 4.78 is 7.24. The molecule has 0 saturated carbocycles. The number of rotatable bonds is 6. The number of nitrogens with zero attached hydrogens (tertiary/aromatic N) is 2. The molecule has 1 amide bonds. The second-order valence-corrected chi connectivity index (χ2v) is 8.11. The Morgan fingerprint density at radius 1 is 1.10 bits per heavy atom. The minimum Gasteiger partial charge on any atom is -0.497 e. The van der Waals surface area contributed by atoms with Crippen molar-refractivity contribution >= 4 is 34.1 Å². The number of carbonyl (C=O) groups is 1. The molecule has 3 aromatic carbocycles. The number of ether oxygens (including phenoxy) is 1. The topological polar surface area (TPSA) is 56.1 Å². The average Bonchev–Trinajstić information content (AvgIpc) is 3.18. The average molecular weight is 418 g/mol. The fourth-order valence-corrected chi connectivity index (χ4v) is 4.13. The third-order valence-electron chi connectivity index (χ3n) is 5.09. The van der Waals surface area contributed by atoms with E-state index in [2.05, 4.69) is 16.4 Å². The van der Waals surface area contributed by atoms with Crippen LogP contribution in [0.15, 0.2) is 83.1 Å². The minimum atomic E-state index is -0.289. The predicted octanol–water partition coefficient (Wildman–Crippen LogP) is 5.48. The number of anilines is 1. The van der Waals surface area contributed by atoms with Crippen molar-refractivity contribution in [2.24, 2.45) is 7.05 Å². The highest BCUT2D eigenvalue weighted by atomic mass is 32.2. The van der Waals surface area contributed by atoms with E-state index in [9.17, 15) is 4.79 Å². The fraction of sp³-hybridized carbons (Fsp3) is 0.167. The zero-order valence-electron chi connectivity index (χ0n) is 17.1. The Morgan fingerprint density at radius 3 is 2.63 bits per heavy atom. The first kappa shape index (κ1) is 20.0. The molecule has 5 nitrogen and oxygen atoms in total. The lowest BCUT2D eigenvalue weighted by atomic mass is 9.97. The molecule has 1 N–H and O–H groups in total. The van der Waals surface area contributed by atoms with Crippen molar-refractivity contribution in [1.29, 1.82) is 0 Å². The maximum Gasteiger partial charge on any atom is 0.231 e. The Kier molecular flexibility index (Phi) is 5.77. The van der Waals surface area contributed by atoms with Gasteiger partial charge >= 0.3 is 0 Å². The quantitative estimate of drug-likeness (QED) is 0.452. The van der Waals surface area contributed by atoms with Gasteiger partial charge in [0.1, 0.15) is 5.75 Å². The monoisotopic (exact) mass is 417 g/mol. The van der Waals surface area contributed by atoms with Gasteiger partial charge in [-0.1, -0.05) is 36.4 Å². The van der Waals surface area contributed by atoms with Gasteiger partial charge in [-0.15, -0.1) is 0 Å². The van der Waals surface area contributed by atoms with E-state index in [4.69, 9.17) is 4.74 Å². The highest BCUT2D eigenvalue weighted by molar-refractivity contribution is 7.99. The zero-order valence-corrected chi connectivity index (χ0v) is 17.9. The molecule has 152 valence electrons. The van der Waals surface area contributed by atoms with Crippen LogP contribution in [0.2, 0.25) is 0 Å². The number of nitrogens with one attached hydrogen (secondary N) is 1. The van der Waals surface area contributed by atoms with Crippen LogP contribution in [0.3, 0.4) is 0 Å².